The number of nitrogens with zero attached hydrogens (tertiary/aromatic N) is 1. The largest absolute Gasteiger partial charge is 0.481 e. The Morgan fingerprint density at radius 1 is 1.56 bits per heavy atom. The molecule has 5 heteroatoms. The van der Waals surface area contributed by atoms with E-state index < -0.39 is 5.97 Å². The molecule has 1 aromatic rings. The second-order valence-corrected chi connectivity index (χ2v) is 5.21. The van der Waals surface area contributed by atoms with Crippen LogP contribution in [0.15, 0.2) is 0 Å². The zero-order chi connectivity index (χ0) is 12.1. The Morgan fingerprint density at radius 3 is 2.75 bits per heavy atom. The van der Waals surface area contributed by atoms with E-state index in [-0.39, 0.29) is 6.42 Å². The first kappa shape index (κ1) is 13.0. The fourth-order valence-corrected chi connectivity index (χ4v) is 2.39. The summed E-state index contributed by atoms with van der Waals surface area (Å²) >= 11 is 1.56. The fourth-order valence-electron chi connectivity index (χ4n) is 1.45. The quantitative estimate of drug-likeness (QED) is 0.804. The third kappa shape index (κ3) is 3.81. The highest BCUT2D eigenvalue weighted by atomic mass is 32.1. The predicted octanol–water partition coefficient (Wildman–Crippen LogP) is 2.40. The highest BCUT2D eigenvalue weighted by molar-refractivity contribution is 7.15. The second kappa shape index (κ2) is 5.84. The Morgan fingerprint density at radius 2 is 2.25 bits per heavy atom. The van der Waals surface area contributed by atoms with Gasteiger partial charge in [-0.1, -0.05) is 13.8 Å². The Hall–Kier alpha value is -1.10. The summed E-state index contributed by atoms with van der Waals surface area (Å²) in [5.74, 6) is -0.217. The molecular formula is C11H18N2O2S. The number of thiazole rings is 1. The third-order valence-corrected chi connectivity index (χ3v) is 3.33. The molecule has 4 nitrogen and oxygen atoms in total. The van der Waals surface area contributed by atoms with Crippen LogP contribution in [0.1, 0.15) is 30.8 Å². The van der Waals surface area contributed by atoms with Crippen molar-refractivity contribution >= 4 is 22.4 Å². The molecule has 0 aromatic carbocycles. The van der Waals surface area contributed by atoms with Crippen molar-refractivity contribution in [3.05, 3.63) is 10.6 Å². The first-order valence-corrected chi connectivity index (χ1v) is 6.22. The van der Waals surface area contributed by atoms with Gasteiger partial charge >= 0.3 is 5.97 Å². The van der Waals surface area contributed by atoms with Crippen molar-refractivity contribution in [3.8, 4) is 0 Å². The Bertz CT molecular complexity index is 361. The van der Waals surface area contributed by atoms with Crippen LogP contribution in [-0.2, 0) is 17.6 Å². The average molecular weight is 242 g/mol. The third-order valence-electron chi connectivity index (χ3n) is 2.16. The summed E-state index contributed by atoms with van der Waals surface area (Å²) in [6, 6.07) is 0. The van der Waals surface area contributed by atoms with E-state index in [1.54, 1.807) is 11.3 Å². The van der Waals surface area contributed by atoms with Gasteiger partial charge in [0.1, 0.15) is 0 Å². The number of aliphatic carboxylic acids is 1. The molecular weight excluding hydrogens is 224 g/mol. The molecule has 0 amide bonds. The van der Waals surface area contributed by atoms with Gasteiger partial charge in [-0.25, -0.2) is 4.98 Å². The summed E-state index contributed by atoms with van der Waals surface area (Å²) in [6.07, 6.45) is 1.67. The molecule has 0 radical (unpaired) electrons. The van der Waals surface area contributed by atoms with Crippen LogP contribution in [0, 0.1) is 5.92 Å². The van der Waals surface area contributed by atoms with Crippen molar-refractivity contribution < 1.29 is 9.90 Å². The minimum absolute atomic E-state index is 0.177. The molecule has 0 aliphatic heterocycles. The number of carboxylic acids is 1. The molecule has 0 aliphatic rings. The van der Waals surface area contributed by atoms with Crippen LogP contribution in [0.5, 0.6) is 0 Å². The van der Waals surface area contributed by atoms with Gasteiger partial charge in [-0.3, -0.25) is 4.79 Å². The van der Waals surface area contributed by atoms with Crippen LogP contribution in [-0.4, -0.2) is 23.1 Å². The lowest BCUT2D eigenvalue weighted by molar-refractivity contribution is -0.136. The van der Waals surface area contributed by atoms with Crippen molar-refractivity contribution in [3.63, 3.8) is 0 Å². The van der Waals surface area contributed by atoms with Gasteiger partial charge in [0.25, 0.3) is 0 Å². The maximum Gasteiger partial charge on any atom is 0.303 e. The van der Waals surface area contributed by atoms with Crippen molar-refractivity contribution in [2.24, 2.45) is 5.92 Å². The molecule has 2 N–H and O–H groups in total. The van der Waals surface area contributed by atoms with E-state index in [1.807, 2.05) is 7.05 Å². The van der Waals surface area contributed by atoms with Gasteiger partial charge in [0.15, 0.2) is 5.13 Å². The van der Waals surface area contributed by atoms with Gasteiger partial charge in [0, 0.05) is 11.9 Å². The molecule has 0 unspecified atom stereocenters. The van der Waals surface area contributed by atoms with Crippen LogP contribution >= 0.6 is 11.3 Å². The van der Waals surface area contributed by atoms with Gasteiger partial charge in [-0.05, 0) is 18.8 Å². The summed E-state index contributed by atoms with van der Waals surface area (Å²) in [4.78, 5) is 16.1. The maximum absolute atomic E-state index is 10.6. The van der Waals surface area contributed by atoms with E-state index in [1.165, 1.54) is 0 Å². The fraction of sp³-hybridized carbons (Fsp3) is 0.636. The number of rotatable bonds is 6. The zero-order valence-electron chi connectivity index (χ0n) is 9.91. The van der Waals surface area contributed by atoms with E-state index in [0.29, 0.717) is 12.3 Å². The van der Waals surface area contributed by atoms with Crippen LogP contribution in [0.4, 0.5) is 5.13 Å². The topological polar surface area (TPSA) is 62.2 Å². The van der Waals surface area contributed by atoms with Crippen molar-refractivity contribution in [2.75, 3.05) is 12.4 Å². The smallest absolute Gasteiger partial charge is 0.303 e. The van der Waals surface area contributed by atoms with Gasteiger partial charge in [-0.15, -0.1) is 11.3 Å². The normalized spacial score (nSPS) is 10.8. The maximum atomic E-state index is 10.6. The number of nitrogens with one attached hydrogen (secondary N) is 1. The molecule has 0 saturated heterocycles. The molecule has 1 rings (SSSR count). The highest BCUT2D eigenvalue weighted by Gasteiger charge is 2.12. The van der Waals surface area contributed by atoms with Crippen LogP contribution in [0.2, 0.25) is 0 Å². The lowest BCUT2D eigenvalue weighted by atomic mass is 10.1. The van der Waals surface area contributed by atoms with Gasteiger partial charge in [0.05, 0.1) is 12.1 Å². The molecule has 0 fully saturated rings. The zero-order valence-corrected chi connectivity index (χ0v) is 10.7. The summed E-state index contributed by atoms with van der Waals surface area (Å²) in [6.45, 7) is 4.28. The first-order valence-electron chi connectivity index (χ1n) is 5.41. The van der Waals surface area contributed by atoms with E-state index in [2.05, 4.69) is 24.1 Å². The molecule has 1 aromatic heterocycles. The standard InChI is InChI=1S/C11H18N2O2S/c1-7(2)6-8-9(4-5-10(14)15)16-11(12-3)13-8/h7H,4-6H2,1-3H3,(H,12,13)(H,14,15). The number of aromatic nitrogens is 1. The molecule has 90 valence electrons. The van der Waals surface area contributed by atoms with Crippen molar-refractivity contribution in [1.82, 2.24) is 4.98 Å². The van der Waals surface area contributed by atoms with Crippen LogP contribution in [0.25, 0.3) is 0 Å². The van der Waals surface area contributed by atoms with Crippen molar-refractivity contribution in [2.45, 2.75) is 33.1 Å². The highest BCUT2D eigenvalue weighted by Crippen LogP contribution is 2.26. The molecule has 1 heterocycles. The Balaban J connectivity index is 2.78. The molecule has 0 bridgehead atoms. The summed E-state index contributed by atoms with van der Waals surface area (Å²) < 4.78 is 0. The van der Waals surface area contributed by atoms with Gasteiger partial charge < -0.3 is 10.4 Å². The number of aryl methyl sites for hydroxylation is 1. The van der Waals surface area contributed by atoms with E-state index in [0.717, 1.165) is 22.1 Å². The predicted molar refractivity (Wildman–Crippen MR) is 66.2 cm³/mol. The minimum Gasteiger partial charge on any atom is -0.481 e. The first-order chi connectivity index (χ1) is 7.52. The summed E-state index contributed by atoms with van der Waals surface area (Å²) in [5.41, 5.74) is 1.05. The Labute approximate surface area is 99.7 Å². The Kier molecular flexibility index (Phi) is 4.73. The number of anilines is 1. The minimum atomic E-state index is -0.755. The second-order valence-electron chi connectivity index (χ2n) is 4.13. The number of hydrogen-bond donors (Lipinski definition) is 2. The van der Waals surface area contributed by atoms with Gasteiger partial charge in [0.2, 0.25) is 0 Å². The van der Waals surface area contributed by atoms with Crippen molar-refractivity contribution in [1.29, 1.82) is 0 Å². The SMILES string of the molecule is CNc1nc(CC(C)C)c(CCC(=O)O)s1. The molecule has 16 heavy (non-hydrogen) atoms. The lowest BCUT2D eigenvalue weighted by Crippen LogP contribution is -2.01. The lowest BCUT2D eigenvalue weighted by Gasteiger charge is -2.03. The summed E-state index contributed by atoms with van der Waals surface area (Å²) in [5, 5.41) is 12.6. The van der Waals surface area contributed by atoms with Crippen LogP contribution < -0.4 is 5.32 Å². The molecule has 0 spiro atoms. The monoisotopic (exact) mass is 242 g/mol. The molecule has 0 atom stereocenters. The van der Waals surface area contributed by atoms with E-state index in [4.69, 9.17) is 5.11 Å². The van der Waals surface area contributed by atoms with E-state index >= 15 is 0 Å². The summed E-state index contributed by atoms with van der Waals surface area (Å²) in [7, 11) is 1.83. The van der Waals surface area contributed by atoms with E-state index in [9.17, 15) is 4.79 Å². The number of carbonyl (C=O) groups is 1. The number of carboxylic acid groups (broad SMARTS) is 1. The molecule has 0 aliphatic carbocycles. The average Bonchev–Trinajstić information content (AvgIpc) is 2.56. The van der Waals surface area contributed by atoms with Crippen LogP contribution in [0.3, 0.4) is 0 Å². The molecule has 0 saturated carbocycles. The number of hydrogen-bond acceptors (Lipinski definition) is 4. The van der Waals surface area contributed by atoms with Gasteiger partial charge in [-0.2, -0.15) is 0 Å².